The Morgan fingerprint density at radius 2 is 2.05 bits per heavy atom. The molecule has 5 heteroatoms. The summed E-state index contributed by atoms with van der Waals surface area (Å²) >= 11 is 0. The van der Waals surface area contributed by atoms with Crippen LogP contribution in [0.2, 0.25) is 0 Å². The summed E-state index contributed by atoms with van der Waals surface area (Å²) < 4.78 is 1.81. The van der Waals surface area contributed by atoms with Crippen LogP contribution in [0.5, 0.6) is 0 Å². The maximum atomic E-state index is 12.6. The van der Waals surface area contributed by atoms with Crippen molar-refractivity contribution < 1.29 is 4.79 Å². The smallest absolute Gasteiger partial charge is 0.254 e. The van der Waals surface area contributed by atoms with E-state index in [0.29, 0.717) is 0 Å². The zero-order valence-corrected chi connectivity index (χ0v) is 13.1. The van der Waals surface area contributed by atoms with E-state index in [9.17, 15) is 4.79 Å². The standard InChI is InChI=1S/C17H22N4O/c1-12-10-19-21(11-12)16-5-3-14(4-6-16)17(22)20-8-7-15(18)9-13(20)2/h3-6,10-11,13,15H,7-9,18H2,1-2H3/t13-,15+/m0/s1. The highest BCUT2D eigenvalue weighted by molar-refractivity contribution is 5.94. The number of carbonyl (C=O) groups is 1. The van der Waals surface area contributed by atoms with Crippen LogP contribution in [0.15, 0.2) is 36.7 Å². The summed E-state index contributed by atoms with van der Waals surface area (Å²) in [5.41, 5.74) is 8.75. The highest BCUT2D eigenvalue weighted by atomic mass is 16.2. The first-order valence-electron chi connectivity index (χ1n) is 7.73. The number of nitrogens with two attached hydrogens (primary N) is 1. The molecule has 1 aliphatic heterocycles. The van der Waals surface area contributed by atoms with Crippen LogP contribution >= 0.6 is 0 Å². The van der Waals surface area contributed by atoms with Gasteiger partial charge in [0.25, 0.3) is 5.91 Å². The summed E-state index contributed by atoms with van der Waals surface area (Å²) in [5.74, 6) is 0.0857. The fourth-order valence-corrected chi connectivity index (χ4v) is 2.99. The second kappa shape index (κ2) is 5.93. The number of benzene rings is 1. The Morgan fingerprint density at radius 3 is 2.64 bits per heavy atom. The van der Waals surface area contributed by atoms with Crippen LogP contribution in [0.3, 0.4) is 0 Å². The molecule has 3 rings (SSSR count). The topological polar surface area (TPSA) is 64.2 Å². The summed E-state index contributed by atoms with van der Waals surface area (Å²) in [6.45, 7) is 4.81. The normalized spacial score (nSPS) is 21.9. The van der Waals surface area contributed by atoms with Crippen molar-refractivity contribution in [3.63, 3.8) is 0 Å². The van der Waals surface area contributed by atoms with Gasteiger partial charge in [0, 0.05) is 30.4 Å². The SMILES string of the molecule is Cc1cnn(-c2ccc(C(=O)N3CC[C@@H](N)C[C@@H]3C)cc2)c1. The van der Waals surface area contributed by atoms with Crippen LogP contribution in [-0.2, 0) is 0 Å². The average Bonchev–Trinajstić information content (AvgIpc) is 2.93. The van der Waals surface area contributed by atoms with Crippen LogP contribution in [0.25, 0.3) is 5.69 Å². The summed E-state index contributed by atoms with van der Waals surface area (Å²) in [6, 6.07) is 8.01. The third kappa shape index (κ3) is 2.90. The molecule has 0 unspecified atom stereocenters. The van der Waals surface area contributed by atoms with E-state index < -0.39 is 0 Å². The fourth-order valence-electron chi connectivity index (χ4n) is 2.99. The molecule has 1 amide bonds. The Morgan fingerprint density at radius 1 is 1.32 bits per heavy atom. The summed E-state index contributed by atoms with van der Waals surface area (Å²) in [4.78, 5) is 14.6. The molecule has 1 saturated heterocycles. The predicted octanol–water partition coefficient (Wildman–Crippen LogP) is 2.13. The van der Waals surface area contributed by atoms with Gasteiger partial charge in [-0.25, -0.2) is 4.68 Å². The van der Waals surface area contributed by atoms with Gasteiger partial charge in [-0.1, -0.05) is 0 Å². The van der Waals surface area contributed by atoms with Crippen molar-refractivity contribution in [3.05, 3.63) is 47.8 Å². The molecule has 2 N–H and O–H groups in total. The van der Waals surface area contributed by atoms with Gasteiger partial charge >= 0.3 is 0 Å². The van der Waals surface area contributed by atoms with Crippen LogP contribution in [0.4, 0.5) is 0 Å². The first-order chi connectivity index (χ1) is 10.5. The molecule has 0 saturated carbocycles. The lowest BCUT2D eigenvalue weighted by atomic mass is 9.98. The van der Waals surface area contributed by atoms with Crippen LogP contribution in [0.1, 0.15) is 35.7 Å². The number of amides is 1. The van der Waals surface area contributed by atoms with Crippen molar-refractivity contribution in [1.82, 2.24) is 14.7 Å². The number of hydrogen-bond acceptors (Lipinski definition) is 3. The largest absolute Gasteiger partial charge is 0.336 e. The molecule has 1 aliphatic rings. The molecular formula is C17H22N4O. The number of hydrogen-bond donors (Lipinski definition) is 1. The van der Waals surface area contributed by atoms with E-state index in [-0.39, 0.29) is 18.0 Å². The van der Waals surface area contributed by atoms with Gasteiger partial charge in [0.2, 0.25) is 0 Å². The lowest BCUT2D eigenvalue weighted by molar-refractivity contribution is 0.0619. The minimum atomic E-state index is 0.0857. The molecule has 0 spiro atoms. The van der Waals surface area contributed by atoms with E-state index >= 15 is 0 Å². The van der Waals surface area contributed by atoms with Crippen LogP contribution < -0.4 is 5.73 Å². The zero-order chi connectivity index (χ0) is 15.7. The monoisotopic (exact) mass is 298 g/mol. The highest BCUT2D eigenvalue weighted by Gasteiger charge is 2.27. The first kappa shape index (κ1) is 14.8. The molecule has 0 aliphatic carbocycles. The van der Waals surface area contributed by atoms with Crippen molar-refractivity contribution in [2.24, 2.45) is 5.73 Å². The number of aryl methyl sites for hydroxylation is 1. The quantitative estimate of drug-likeness (QED) is 0.924. The van der Waals surface area contributed by atoms with E-state index in [1.807, 2.05) is 53.2 Å². The second-order valence-electron chi connectivity index (χ2n) is 6.14. The highest BCUT2D eigenvalue weighted by Crippen LogP contribution is 2.19. The minimum absolute atomic E-state index is 0.0857. The third-order valence-corrected chi connectivity index (χ3v) is 4.27. The molecule has 2 heterocycles. The molecule has 1 fully saturated rings. The van der Waals surface area contributed by atoms with Crippen LogP contribution in [-0.4, -0.2) is 39.2 Å². The zero-order valence-electron chi connectivity index (χ0n) is 13.1. The Labute approximate surface area is 130 Å². The third-order valence-electron chi connectivity index (χ3n) is 4.27. The molecule has 0 radical (unpaired) electrons. The summed E-state index contributed by atoms with van der Waals surface area (Å²) in [6.07, 6.45) is 5.53. The first-order valence-corrected chi connectivity index (χ1v) is 7.73. The van der Waals surface area contributed by atoms with Gasteiger partial charge in [0.1, 0.15) is 0 Å². The Bertz CT molecular complexity index is 662. The predicted molar refractivity (Wildman–Crippen MR) is 86.0 cm³/mol. The number of likely N-dealkylation sites (tertiary alicyclic amines) is 1. The summed E-state index contributed by atoms with van der Waals surface area (Å²) in [5, 5.41) is 4.28. The second-order valence-corrected chi connectivity index (χ2v) is 6.14. The maximum absolute atomic E-state index is 12.6. The van der Waals surface area contributed by atoms with Crippen LogP contribution in [0, 0.1) is 6.92 Å². The van der Waals surface area contributed by atoms with Crippen molar-refractivity contribution in [2.45, 2.75) is 38.8 Å². The number of piperidine rings is 1. The number of aromatic nitrogens is 2. The van der Waals surface area contributed by atoms with Gasteiger partial charge in [-0.15, -0.1) is 0 Å². The average molecular weight is 298 g/mol. The molecule has 116 valence electrons. The fraction of sp³-hybridized carbons (Fsp3) is 0.412. The Kier molecular flexibility index (Phi) is 3.98. The molecule has 1 aromatic carbocycles. The van der Waals surface area contributed by atoms with E-state index in [0.717, 1.165) is 36.2 Å². The minimum Gasteiger partial charge on any atom is -0.336 e. The van der Waals surface area contributed by atoms with E-state index in [4.69, 9.17) is 5.73 Å². The maximum Gasteiger partial charge on any atom is 0.254 e. The molecule has 1 aromatic heterocycles. The van der Waals surface area contributed by atoms with Gasteiger partial charge in [-0.3, -0.25) is 4.79 Å². The number of nitrogens with zero attached hydrogens (tertiary/aromatic N) is 3. The van der Waals surface area contributed by atoms with Gasteiger partial charge in [-0.05, 0) is 56.5 Å². The molecule has 2 atom stereocenters. The molecule has 0 bridgehead atoms. The molecule has 2 aromatic rings. The number of rotatable bonds is 2. The van der Waals surface area contributed by atoms with Gasteiger partial charge < -0.3 is 10.6 Å². The van der Waals surface area contributed by atoms with E-state index in [1.54, 1.807) is 0 Å². The van der Waals surface area contributed by atoms with Gasteiger partial charge in [0.15, 0.2) is 0 Å². The Hall–Kier alpha value is -2.14. The molecule has 22 heavy (non-hydrogen) atoms. The molecular weight excluding hydrogens is 276 g/mol. The number of carbonyl (C=O) groups excluding carboxylic acids is 1. The van der Waals surface area contributed by atoms with E-state index in [2.05, 4.69) is 12.0 Å². The van der Waals surface area contributed by atoms with E-state index in [1.165, 1.54) is 0 Å². The van der Waals surface area contributed by atoms with Gasteiger partial charge in [0.05, 0.1) is 11.9 Å². The van der Waals surface area contributed by atoms with Crippen molar-refractivity contribution in [3.8, 4) is 5.69 Å². The van der Waals surface area contributed by atoms with Crippen molar-refractivity contribution in [1.29, 1.82) is 0 Å². The summed E-state index contributed by atoms with van der Waals surface area (Å²) in [7, 11) is 0. The van der Waals surface area contributed by atoms with Crippen molar-refractivity contribution >= 4 is 5.91 Å². The lowest BCUT2D eigenvalue weighted by Crippen LogP contribution is -2.48. The molecule has 5 nitrogen and oxygen atoms in total. The Balaban J connectivity index is 1.76. The van der Waals surface area contributed by atoms with Gasteiger partial charge in [-0.2, -0.15) is 5.10 Å². The van der Waals surface area contributed by atoms with Crippen molar-refractivity contribution in [2.75, 3.05) is 6.54 Å². The lowest BCUT2D eigenvalue weighted by Gasteiger charge is -2.36.